The Morgan fingerprint density at radius 3 is 2.16 bits per heavy atom. The second-order valence-corrected chi connectivity index (χ2v) is 10.2. The third-order valence-electron chi connectivity index (χ3n) is 6.23. The van der Waals surface area contributed by atoms with Gasteiger partial charge in [0.1, 0.15) is 0 Å². The van der Waals surface area contributed by atoms with Crippen molar-refractivity contribution in [2.75, 3.05) is 31.1 Å². The first kappa shape index (κ1) is 20.8. The first-order valence-electron chi connectivity index (χ1n) is 11.0. The lowest BCUT2D eigenvalue weighted by Crippen LogP contribution is -2.45. The highest BCUT2D eigenvalue weighted by Crippen LogP contribution is 2.27. The summed E-state index contributed by atoms with van der Waals surface area (Å²) >= 11 is 0. The minimum Gasteiger partial charge on any atom is -0.369 e. The van der Waals surface area contributed by atoms with Crippen molar-refractivity contribution in [2.24, 2.45) is 0 Å². The van der Waals surface area contributed by atoms with Gasteiger partial charge in [0.05, 0.1) is 10.4 Å². The van der Waals surface area contributed by atoms with E-state index in [4.69, 9.17) is 0 Å². The normalized spacial score (nSPS) is 15.3. The Kier molecular flexibility index (Phi) is 5.49. The lowest BCUT2D eigenvalue weighted by Gasteiger charge is -2.36. The molecule has 32 heavy (non-hydrogen) atoms. The van der Waals surface area contributed by atoms with Gasteiger partial charge >= 0.3 is 0 Å². The number of hydrogen-bond acceptors (Lipinski definition) is 4. The Morgan fingerprint density at radius 2 is 1.44 bits per heavy atom. The van der Waals surface area contributed by atoms with Crippen LogP contribution in [-0.4, -0.2) is 43.5 Å². The van der Waals surface area contributed by atoms with Crippen LogP contribution in [0.15, 0.2) is 90.0 Å². The fraction of sp³-hybridized carbons (Fsp3) is 0.231. The summed E-state index contributed by atoms with van der Waals surface area (Å²) < 4.78 is 28.3. The van der Waals surface area contributed by atoms with Crippen molar-refractivity contribution >= 4 is 26.6 Å². The molecule has 1 fully saturated rings. The average molecular weight is 446 g/mol. The first-order valence-corrected chi connectivity index (χ1v) is 12.4. The molecule has 0 atom stereocenters. The Morgan fingerprint density at radius 1 is 0.781 bits per heavy atom. The number of aromatic nitrogens is 1. The fourth-order valence-electron chi connectivity index (χ4n) is 4.41. The maximum absolute atomic E-state index is 13.4. The van der Waals surface area contributed by atoms with Gasteiger partial charge in [-0.15, -0.1) is 0 Å². The Bertz CT molecular complexity index is 1320. The molecule has 0 aliphatic carbocycles. The molecule has 2 heterocycles. The maximum Gasteiger partial charge on any atom is 0.268 e. The largest absolute Gasteiger partial charge is 0.369 e. The van der Waals surface area contributed by atoms with Gasteiger partial charge in [0.2, 0.25) is 0 Å². The van der Waals surface area contributed by atoms with E-state index in [0.717, 1.165) is 54.8 Å². The molecule has 5 rings (SSSR count). The van der Waals surface area contributed by atoms with Crippen LogP contribution in [0, 0.1) is 6.92 Å². The molecule has 0 amide bonds. The van der Waals surface area contributed by atoms with Crippen LogP contribution in [0.5, 0.6) is 0 Å². The van der Waals surface area contributed by atoms with Gasteiger partial charge in [-0.05, 0) is 42.8 Å². The molecular weight excluding hydrogens is 418 g/mol. The SMILES string of the molecule is Cc1ccc(S(=O)(=O)n2cc(CN3CCN(c4ccccc4)CC3)c3ccccc32)cc1. The molecule has 3 aromatic carbocycles. The van der Waals surface area contributed by atoms with E-state index in [-0.39, 0.29) is 0 Å². The van der Waals surface area contributed by atoms with E-state index in [0.29, 0.717) is 4.90 Å². The predicted octanol–water partition coefficient (Wildman–Crippen LogP) is 4.51. The second-order valence-electron chi connectivity index (χ2n) is 8.38. The molecule has 1 aromatic heterocycles. The number of rotatable bonds is 5. The molecule has 0 N–H and O–H groups in total. The van der Waals surface area contributed by atoms with Gasteiger partial charge in [-0.1, -0.05) is 54.1 Å². The van der Waals surface area contributed by atoms with Crippen LogP contribution in [-0.2, 0) is 16.6 Å². The Balaban J connectivity index is 1.41. The minimum atomic E-state index is -3.66. The third kappa shape index (κ3) is 3.92. The highest BCUT2D eigenvalue weighted by Gasteiger charge is 2.23. The zero-order chi connectivity index (χ0) is 22.1. The molecular formula is C26H27N3O2S. The van der Waals surface area contributed by atoms with E-state index in [1.165, 1.54) is 9.66 Å². The summed E-state index contributed by atoms with van der Waals surface area (Å²) in [6.45, 7) is 6.50. The topological polar surface area (TPSA) is 45.6 Å². The molecule has 164 valence electrons. The summed E-state index contributed by atoms with van der Waals surface area (Å²) in [7, 11) is -3.66. The number of anilines is 1. The fourth-order valence-corrected chi connectivity index (χ4v) is 5.80. The van der Waals surface area contributed by atoms with Crippen molar-refractivity contribution in [3.63, 3.8) is 0 Å². The summed E-state index contributed by atoms with van der Waals surface area (Å²) in [4.78, 5) is 5.12. The number of benzene rings is 3. The standard InChI is InChI=1S/C26H27N3O2S/c1-21-11-13-24(14-12-21)32(30,31)29-20-22(25-9-5-6-10-26(25)29)19-27-15-17-28(18-16-27)23-7-3-2-4-8-23/h2-14,20H,15-19H2,1H3. The van der Waals surface area contributed by atoms with Crippen LogP contribution in [0.3, 0.4) is 0 Å². The van der Waals surface area contributed by atoms with Crippen LogP contribution in [0.1, 0.15) is 11.1 Å². The number of fused-ring (bicyclic) bond motifs is 1. The quantitative estimate of drug-likeness (QED) is 0.454. The number of para-hydroxylation sites is 2. The van der Waals surface area contributed by atoms with E-state index >= 15 is 0 Å². The molecule has 0 radical (unpaired) electrons. The number of piperazine rings is 1. The van der Waals surface area contributed by atoms with E-state index < -0.39 is 10.0 Å². The van der Waals surface area contributed by atoms with Crippen molar-refractivity contribution in [1.82, 2.24) is 8.87 Å². The molecule has 0 spiro atoms. The highest BCUT2D eigenvalue weighted by molar-refractivity contribution is 7.90. The van der Waals surface area contributed by atoms with Gasteiger partial charge in [0, 0.05) is 50.0 Å². The summed E-state index contributed by atoms with van der Waals surface area (Å²) in [5.74, 6) is 0. The van der Waals surface area contributed by atoms with Crippen molar-refractivity contribution in [2.45, 2.75) is 18.4 Å². The molecule has 0 saturated carbocycles. The minimum absolute atomic E-state index is 0.312. The molecule has 6 heteroatoms. The van der Waals surface area contributed by atoms with Crippen LogP contribution >= 0.6 is 0 Å². The van der Waals surface area contributed by atoms with Crippen LogP contribution < -0.4 is 4.90 Å². The predicted molar refractivity (Wildman–Crippen MR) is 130 cm³/mol. The van der Waals surface area contributed by atoms with E-state index in [9.17, 15) is 8.42 Å². The van der Waals surface area contributed by atoms with E-state index in [1.54, 1.807) is 12.1 Å². The zero-order valence-electron chi connectivity index (χ0n) is 18.2. The number of nitrogens with zero attached hydrogens (tertiary/aromatic N) is 3. The second kappa shape index (κ2) is 8.45. The summed E-state index contributed by atoms with van der Waals surface area (Å²) in [5.41, 5.74) is 4.07. The van der Waals surface area contributed by atoms with Crippen molar-refractivity contribution in [3.05, 3.63) is 96.2 Å². The Hall–Kier alpha value is -3.09. The van der Waals surface area contributed by atoms with Crippen LogP contribution in [0.25, 0.3) is 10.9 Å². The first-order chi connectivity index (χ1) is 15.5. The van der Waals surface area contributed by atoms with Gasteiger partial charge in [0.25, 0.3) is 10.0 Å². The van der Waals surface area contributed by atoms with E-state index in [1.807, 2.05) is 55.6 Å². The molecule has 4 aromatic rings. The highest BCUT2D eigenvalue weighted by atomic mass is 32.2. The summed E-state index contributed by atoms with van der Waals surface area (Å²) in [5, 5.41) is 0.994. The molecule has 1 saturated heterocycles. The van der Waals surface area contributed by atoms with Crippen molar-refractivity contribution < 1.29 is 8.42 Å². The van der Waals surface area contributed by atoms with E-state index in [2.05, 4.69) is 34.1 Å². The third-order valence-corrected chi connectivity index (χ3v) is 7.91. The molecule has 0 bridgehead atoms. The van der Waals surface area contributed by atoms with Gasteiger partial charge in [-0.25, -0.2) is 12.4 Å². The van der Waals surface area contributed by atoms with Gasteiger partial charge in [-0.3, -0.25) is 4.90 Å². The van der Waals surface area contributed by atoms with Crippen molar-refractivity contribution in [3.8, 4) is 0 Å². The zero-order valence-corrected chi connectivity index (χ0v) is 19.0. The average Bonchev–Trinajstić information content (AvgIpc) is 3.20. The summed E-state index contributed by atoms with van der Waals surface area (Å²) in [6, 6.07) is 25.3. The van der Waals surface area contributed by atoms with Gasteiger partial charge in [0.15, 0.2) is 0 Å². The molecule has 1 aliphatic heterocycles. The molecule has 5 nitrogen and oxygen atoms in total. The number of hydrogen-bond donors (Lipinski definition) is 0. The number of aryl methyl sites for hydroxylation is 1. The smallest absolute Gasteiger partial charge is 0.268 e. The van der Waals surface area contributed by atoms with Crippen LogP contribution in [0.4, 0.5) is 5.69 Å². The maximum atomic E-state index is 13.4. The Labute approximate surface area is 189 Å². The van der Waals surface area contributed by atoms with Crippen LogP contribution in [0.2, 0.25) is 0 Å². The summed E-state index contributed by atoms with van der Waals surface area (Å²) in [6.07, 6.45) is 1.81. The van der Waals surface area contributed by atoms with Gasteiger partial charge < -0.3 is 4.90 Å². The lowest BCUT2D eigenvalue weighted by atomic mass is 10.1. The molecule has 1 aliphatic rings. The lowest BCUT2D eigenvalue weighted by molar-refractivity contribution is 0.250. The van der Waals surface area contributed by atoms with Gasteiger partial charge in [-0.2, -0.15) is 0 Å². The van der Waals surface area contributed by atoms with Crippen molar-refractivity contribution in [1.29, 1.82) is 0 Å². The molecule has 0 unspecified atom stereocenters. The monoisotopic (exact) mass is 445 g/mol.